The highest BCUT2D eigenvalue weighted by molar-refractivity contribution is 7.09. The van der Waals surface area contributed by atoms with Crippen LogP contribution in [0.2, 0.25) is 0 Å². The van der Waals surface area contributed by atoms with E-state index in [9.17, 15) is 29.1 Å². The topological polar surface area (TPSA) is 158 Å². The smallest absolute Gasteiger partial charge is 0.306 e. The Labute approximate surface area is 305 Å². The second kappa shape index (κ2) is 17.1. The minimum Gasteiger partial charge on any atom is -0.481 e. The summed E-state index contributed by atoms with van der Waals surface area (Å²) in [5.41, 5.74) is 0.552. The molecular formula is C38H55N5O7S. The van der Waals surface area contributed by atoms with Crippen LogP contribution in [-0.2, 0) is 30.3 Å². The van der Waals surface area contributed by atoms with Crippen molar-refractivity contribution in [2.45, 2.75) is 110 Å². The number of nitrogens with one attached hydrogen (secondary N) is 2. The lowest BCUT2D eigenvalue weighted by molar-refractivity contribution is -0.149. The van der Waals surface area contributed by atoms with Crippen LogP contribution in [0.5, 0.6) is 0 Å². The van der Waals surface area contributed by atoms with Crippen molar-refractivity contribution >= 4 is 41.0 Å². The first kappa shape index (κ1) is 39.9. The molecule has 1 unspecified atom stereocenters. The van der Waals surface area contributed by atoms with E-state index in [1.807, 2.05) is 65.1 Å². The number of carbonyl (C=O) groups is 5. The average molecular weight is 726 g/mol. The first-order valence-electron chi connectivity index (χ1n) is 18.0. The summed E-state index contributed by atoms with van der Waals surface area (Å²) in [5.74, 6) is -2.52. The molecule has 1 aliphatic carbocycles. The Bertz CT molecular complexity index is 1540. The Morgan fingerprint density at radius 3 is 2.29 bits per heavy atom. The van der Waals surface area contributed by atoms with Crippen LogP contribution >= 0.6 is 11.3 Å². The van der Waals surface area contributed by atoms with Gasteiger partial charge in [-0.3, -0.25) is 28.9 Å². The van der Waals surface area contributed by atoms with Crippen molar-refractivity contribution in [1.82, 2.24) is 25.4 Å². The number of thiazole rings is 1. The summed E-state index contributed by atoms with van der Waals surface area (Å²) in [4.78, 5) is 73.6. The first-order chi connectivity index (χ1) is 24.1. The minimum absolute atomic E-state index is 0.0463. The van der Waals surface area contributed by atoms with Crippen molar-refractivity contribution in [3.05, 3.63) is 52.0 Å². The summed E-state index contributed by atoms with van der Waals surface area (Å²) in [6.07, 6.45) is 2.40. The quantitative estimate of drug-likeness (QED) is 0.185. The molecule has 2 aliphatic heterocycles. The van der Waals surface area contributed by atoms with Gasteiger partial charge in [-0.1, -0.05) is 71.4 Å². The molecule has 3 aliphatic rings. The number of ether oxygens (including phenoxy) is 1. The van der Waals surface area contributed by atoms with E-state index in [0.29, 0.717) is 23.8 Å². The van der Waals surface area contributed by atoms with Crippen LogP contribution in [0.4, 0.5) is 0 Å². The molecule has 1 aromatic carbocycles. The van der Waals surface area contributed by atoms with Crippen LogP contribution in [0.15, 0.2) is 35.7 Å². The number of carbonyl (C=O) groups excluding carboxylic acids is 4. The number of aliphatic carboxylic acids is 1. The monoisotopic (exact) mass is 725 g/mol. The van der Waals surface area contributed by atoms with E-state index >= 15 is 0 Å². The van der Waals surface area contributed by atoms with Gasteiger partial charge in [0.1, 0.15) is 22.3 Å². The maximum absolute atomic E-state index is 14.2. The minimum atomic E-state index is -0.943. The van der Waals surface area contributed by atoms with E-state index in [-0.39, 0.29) is 48.2 Å². The van der Waals surface area contributed by atoms with Crippen molar-refractivity contribution in [3.63, 3.8) is 0 Å². The molecule has 2 saturated heterocycles. The van der Waals surface area contributed by atoms with E-state index in [1.54, 1.807) is 24.3 Å². The highest BCUT2D eigenvalue weighted by atomic mass is 32.1. The number of nitrogens with zero attached hydrogens (tertiary/aromatic N) is 3. The molecule has 3 N–H and O–H groups in total. The molecule has 1 aromatic heterocycles. The zero-order valence-corrected chi connectivity index (χ0v) is 32.0. The third kappa shape index (κ3) is 9.54. The molecule has 3 fully saturated rings. The number of esters is 1. The van der Waals surface area contributed by atoms with Gasteiger partial charge in [-0.15, -0.1) is 11.3 Å². The van der Waals surface area contributed by atoms with Gasteiger partial charge >= 0.3 is 11.9 Å². The van der Waals surface area contributed by atoms with E-state index in [0.717, 1.165) is 24.9 Å². The molecule has 51 heavy (non-hydrogen) atoms. The van der Waals surface area contributed by atoms with Gasteiger partial charge in [0.15, 0.2) is 6.10 Å². The van der Waals surface area contributed by atoms with Gasteiger partial charge in [0.05, 0.1) is 5.92 Å². The number of hydrogen-bond donors (Lipinski definition) is 3. The molecule has 2 bridgehead atoms. The molecule has 1 saturated carbocycles. The molecule has 6 atom stereocenters. The molecule has 0 radical (unpaired) electrons. The molecule has 13 heteroatoms. The van der Waals surface area contributed by atoms with Gasteiger partial charge < -0.3 is 25.4 Å². The van der Waals surface area contributed by atoms with Gasteiger partial charge in [0, 0.05) is 44.4 Å². The van der Waals surface area contributed by atoms with Crippen molar-refractivity contribution in [3.8, 4) is 0 Å². The zero-order chi connectivity index (χ0) is 37.6. The lowest BCUT2D eigenvalue weighted by Crippen LogP contribution is -2.62. The summed E-state index contributed by atoms with van der Waals surface area (Å²) in [5, 5.41) is 17.6. The maximum atomic E-state index is 14.2. The van der Waals surface area contributed by atoms with Crippen LogP contribution in [0, 0.1) is 23.7 Å². The number of hydrogen-bond acceptors (Lipinski definition) is 9. The van der Waals surface area contributed by atoms with Crippen LogP contribution in [0.1, 0.15) is 101 Å². The van der Waals surface area contributed by atoms with Crippen molar-refractivity contribution in [2.75, 3.05) is 20.6 Å². The van der Waals surface area contributed by atoms with Crippen molar-refractivity contribution < 1.29 is 33.8 Å². The Morgan fingerprint density at radius 2 is 1.75 bits per heavy atom. The molecule has 12 nitrogen and oxygen atoms in total. The Hall–Kier alpha value is -3.84. The fourth-order valence-electron chi connectivity index (χ4n) is 7.51. The first-order valence-corrected chi connectivity index (χ1v) is 18.9. The lowest BCUT2D eigenvalue weighted by Gasteiger charge is -2.42. The van der Waals surface area contributed by atoms with Crippen molar-refractivity contribution in [1.29, 1.82) is 0 Å². The fourth-order valence-corrected chi connectivity index (χ4v) is 8.35. The van der Waals surface area contributed by atoms with E-state index in [2.05, 4.69) is 20.5 Å². The number of rotatable bonds is 18. The summed E-state index contributed by atoms with van der Waals surface area (Å²) >= 11 is 1.18. The predicted molar refractivity (Wildman–Crippen MR) is 195 cm³/mol. The summed E-state index contributed by atoms with van der Waals surface area (Å²) < 4.78 is 5.77. The molecule has 0 spiro atoms. The van der Waals surface area contributed by atoms with Crippen LogP contribution in [0.25, 0.3) is 0 Å². The summed E-state index contributed by atoms with van der Waals surface area (Å²) in [6, 6.07) is 7.97. The Balaban J connectivity index is 1.51. The molecular weight excluding hydrogens is 671 g/mol. The van der Waals surface area contributed by atoms with E-state index < -0.39 is 47.5 Å². The second-order valence-corrected chi connectivity index (χ2v) is 15.9. The summed E-state index contributed by atoms with van der Waals surface area (Å²) in [7, 11) is 3.70. The Morgan fingerprint density at radius 1 is 1.08 bits per heavy atom. The number of likely N-dealkylation sites (N-methyl/N-ethyl adjacent to an activating group) is 2. The van der Waals surface area contributed by atoms with Gasteiger partial charge in [0.2, 0.25) is 11.8 Å². The fraction of sp³-hybridized carbons (Fsp3) is 0.632. The normalized spacial score (nSPS) is 21.8. The van der Waals surface area contributed by atoms with Crippen molar-refractivity contribution in [2.24, 2.45) is 23.7 Å². The Kier molecular flexibility index (Phi) is 13.4. The number of fused-ring (bicyclic) bond motifs is 1. The number of carboxylic acids is 1. The van der Waals surface area contributed by atoms with Gasteiger partial charge in [0.25, 0.3) is 5.91 Å². The third-order valence-corrected chi connectivity index (χ3v) is 11.8. The molecule has 3 amide bonds. The number of carboxylic acid groups (broad SMARTS) is 1. The van der Waals surface area contributed by atoms with E-state index in [1.165, 1.54) is 18.3 Å². The van der Waals surface area contributed by atoms with Crippen LogP contribution in [0.3, 0.4) is 0 Å². The number of benzene rings is 1. The lowest BCUT2D eigenvalue weighted by atomic mass is 9.72. The van der Waals surface area contributed by atoms with Gasteiger partial charge in [-0.2, -0.15) is 0 Å². The largest absolute Gasteiger partial charge is 0.481 e. The zero-order valence-electron chi connectivity index (χ0n) is 31.2. The molecule has 5 rings (SSSR count). The average Bonchev–Trinajstić information content (AvgIpc) is 3.77. The highest BCUT2D eigenvalue weighted by Gasteiger charge is 2.59. The van der Waals surface area contributed by atoms with E-state index in [4.69, 9.17) is 4.74 Å². The maximum Gasteiger partial charge on any atom is 0.306 e. The van der Waals surface area contributed by atoms with Crippen LogP contribution < -0.4 is 10.6 Å². The second-order valence-electron chi connectivity index (χ2n) is 15.0. The molecule has 3 heterocycles. The van der Waals surface area contributed by atoms with Gasteiger partial charge in [-0.05, 0) is 56.0 Å². The SMILES string of the molecule is CCC(C)[C@H](NC(=O)C12CC(CN1C)C2)C(=O)N(C)[C@H](C[C@@H](OC(C)=O)c1nc(C(=O)N[C@@H](Cc2ccccc2)C[C@H](C)C(=O)O)cs1)C(C)C. The number of aromatic nitrogens is 1. The third-order valence-electron chi connectivity index (χ3n) is 10.8. The predicted octanol–water partition coefficient (Wildman–Crippen LogP) is 4.70. The molecule has 2 aromatic rings. The number of amides is 3. The van der Waals surface area contributed by atoms with Crippen LogP contribution in [-0.4, -0.2) is 93.9 Å². The standard InChI is InChI=1S/C38H55N5O7S/c1-9-23(4)32(41-37(49)38-18-27(19-38)20-42(38)7)35(46)43(8)30(22(2)3)17-31(50-25(6)44)34-40-29(21-51-34)33(45)39-28(15-24(5)36(47)48)16-26-13-11-10-12-14-26/h10-14,21-24,27-28,30-32H,9,15-20H2,1-8H3,(H,39,45)(H,41,49)(H,47,48)/t23?,24-,27?,28+,30+,31+,32-,38?/m0/s1. The van der Waals surface area contributed by atoms with Gasteiger partial charge in [-0.25, -0.2) is 4.98 Å². The summed E-state index contributed by atoms with van der Waals surface area (Å²) in [6.45, 7) is 11.8. The highest BCUT2D eigenvalue weighted by Crippen LogP contribution is 2.49. The molecule has 280 valence electrons.